The maximum atomic E-state index is 13.4. The van der Waals surface area contributed by atoms with Crippen LogP contribution in [0.5, 0.6) is 0 Å². The molecule has 0 spiro atoms. The molecule has 0 amide bonds. The molecule has 0 aliphatic carbocycles. The number of halogens is 1. The van der Waals surface area contributed by atoms with Gasteiger partial charge >= 0.3 is 0 Å². The standard InChI is InChI=1S/C17H26FNO3/c1-13(14-6-8-21-9-7-14)19-10-16(20)12-22-11-15-4-2-3-5-17(15)18/h2-5,13-14,16,19-20H,6-12H2,1H3. The third-order valence-corrected chi connectivity index (χ3v) is 4.17. The van der Waals surface area contributed by atoms with Gasteiger partial charge in [-0.25, -0.2) is 4.39 Å². The molecule has 5 heteroatoms. The quantitative estimate of drug-likeness (QED) is 0.772. The number of benzene rings is 1. The summed E-state index contributed by atoms with van der Waals surface area (Å²) >= 11 is 0. The van der Waals surface area contributed by atoms with Crippen molar-refractivity contribution in [1.29, 1.82) is 0 Å². The maximum Gasteiger partial charge on any atom is 0.128 e. The molecule has 0 radical (unpaired) electrons. The molecule has 1 aliphatic heterocycles. The number of aliphatic hydroxyl groups is 1. The molecular weight excluding hydrogens is 285 g/mol. The van der Waals surface area contributed by atoms with Gasteiger partial charge in [0.25, 0.3) is 0 Å². The van der Waals surface area contributed by atoms with Crippen molar-refractivity contribution in [3.63, 3.8) is 0 Å². The van der Waals surface area contributed by atoms with E-state index in [1.54, 1.807) is 18.2 Å². The highest BCUT2D eigenvalue weighted by Crippen LogP contribution is 2.18. The summed E-state index contributed by atoms with van der Waals surface area (Å²) in [6, 6.07) is 6.87. The summed E-state index contributed by atoms with van der Waals surface area (Å²) in [5, 5.41) is 13.3. The fraction of sp³-hybridized carbons (Fsp3) is 0.647. The van der Waals surface area contributed by atoms with Crippen molar-refractivity contribution < 1.29 is 19.0 Å². The summed E-state index contributed by atoms with van der Waals surface area (Å²) in [6.07, 6.45) is 1.54. The lowest BCUT2D eigenvalue weighted by Crippen LogP contribution is -2.41. The molecule has 1 aromatic carbocycles. The second-order valence-corrected chi connectivity index (χ2v) is 5.91. The van der Waals surface area contributed by atoms with E-state index < -0.39 is 6.10 Å². The molecule has 22 heavy (non-hydrogen) atoms. The van der Waals surface area contributed by atoms with Crippen molar-refractivity contribution >= 4 is 0 Å². The van der Waals surface area contributed by atoms with Gasteiger partial charge in [-0.05, 0) is 31.7 Å². The SMILES string of the molecule is CC(NCC(O)COCc1ccccc1F)C1CCOCC1. The monoisotopic (exact) mass is 311 g/mol. The Morgan fingerprint density at radius 2 is 2.09 bits per heavy atom. The van der Waals surface area contributed by atoms with E-state index in [4.69, 9.17) is 9.47 Å². The molecular formula is C17H26FNO3. The summed E-state index contributed by atoms with van der Waals surface area (Å²) in [4.78, 5) is 0. The molecule has 1 heterocycles. The van der Waals surface area contributed by atoms with Crippen LogP contribution in [-0.4, -0.2) is 43.6 Å². The molecule has 2 unspecified atom stereocenters. The zero-order valence-electron chi connectivity index (χ0n) is 13.1. The highest BCUT2D eigenvalue weighted by atomic mass is 19.1. The molecule has 0 saturated carbocycles. The molecule has 124 valence electrons. The van der Waals surface area contributed by atoms with Crippen molar-refractivity contribution in [2.24, 2.45) is 5.92 Å². The van der Waals surface area contributed by atoms with Crippen molar-refractivity contribution in [3.8, 4) is 0 Å². The first-order valence-corrected chi connectivity index (χ1v) is 7.97. The predicted octanol–water partition coefficient (Wildman–Crippen LogP) is 2.11. The first kappa shape index (κ1) is 17.3. The number of nitrogens with one attached hydrogen (secondary N) is 1. The van der Waals surface area contributed by atoms with Crippen LogP contribution in [0, 0.1) is 11.7 Å². The second-order valence-electron chi connectivity index (χ2n) is 5.91. The summed E-state index contributed by atoms with van der Waals surface area (Å²) in [7, 11) is 0. The van der Waals surface area contributed by atoms with Gasteiger partial charge in [0, 0.05) is 31.4 Å². The Morgan fingerprint density at radius 1 is 1.36 bits per heavy atom. The molecule has 1 fully saturated rings. The molecule has 1 aromatic rings. The van der Waals surface area contributed by atoms with E-state index in [1.165, 1.54) is 6.07 Å². The van der Waals surface area contributed by atoms with E-state index in [2.05, 4.69) is 12.2 Å². The zero-order chi connectivity index (χ0) is 15.8. The number of hydrogen-bond acceptors (Lipinski definition) is 4. The Hall–Kier alpha value is -1.01. The van der Waals surface area contributed by atoms with Gasteiger partial charge in [-0.15, -0.1) is 0 Å². The van der Waals surface area contributed by atoms with Gasteiger partial charge in [-0.1, -0.05) is 18.2 Å². The molecule has 0 bridgehead atoms. The molecule has 2 rings (SSSR count). The van der Waals surface area contributed by atoms with E-state index >= 15 is 0 Å². The number of hydrogen-bond donors (Lipinski definition) is 2. The van der Waals surface area contributed by atoms with Gasteiger partial charge in [0.15, 0.2) is 0 Å². The van der Waals surface area contributed by atoms with Crippen LogP contribution in [0.3, 0.4) is 0 Å². The van der Waals surface area contributed by atoms with Crippen LogP contribution < -0.4 is 5.32 Å². The van der Waals surface area contributed by atoms with Crippen LogP contribution in [0.15, 0.2) is 24.3 Å². The lowest BCUT2D eigenvalue weighted by molar-refractivity contribution is 0.0220. The largest absolute Gasteiger partial charge is 0.389 e. The van der Waals surface area contributed by atoms with Gasteiger partial charge in [-0.3, -0.25) is 0 Å². The van der Waals surface area contributed by atoms with Crippen molar-refractivity contribution in [3.05, 3.63) is 35.6 Å². The predicted molar refractivity (Wildman–Crippen MR) is 83.1 cm³/mol. The normalized spacial score (nSPS) is 19.0. The highest BCUT2D eigenvalue weighted by Gasteiger charge is 2.20. The number of rotatable bonds is 8. The fourth-order valence-electron chi connectivity index (χ4n) is 2.68. The minimum Gasteiger partial charge on any atom is -0.389 e. The molecule has 1 aliphatic rings. The van der Waals surface area contributed by atoms with Crippen LogP contribution in [0.25, 0.3) is 0 Å². The molecule has 0 aromatic heterocycles. The first-order chi connectivity index (χ1) is 10.7. The Kier molecular flexibility index (Phi) is 7.25. The van der Waals surface area contributed by atoms with E-state index in [1.807, 2.05) is 0 Å². The summed E-state index contributed by atoms with van der Waals surface area (Å²) in [5.41, 5.74) is 0.512. The van der Waals surface area contributed by atoms with Crippen molar-refractivity contribution in [1.82, 2.24) is 5.32 Å². The summed E-state index contributed by atoms with van der Waals surface area (Å²) < 4.78 is 24.2. The summed E-state index contributed by atoms with van der Waals surface area (Å²) in [5.74, 6) is 0.323. The second kappa shape index (κ2) is 9.20. The topological polar surface area (TPSA) is 50.7 Å². The molecule has 1 saturated heterocycles. The Balaban J connectivity index is 1.61. The van der Waals surface area contributed by atoms with Crippen molar-refractivity contribution in [2.45, 2.75) is 38.5 Å². The van der Waals surface area contributed by atoms with Crippen molar-refractivity contribution in [2.75, 3.05) is 26.4 Å². The number of aliphatic hydroxyl groups excluding tert-OH is 1. The van der Waals surface area contributed by atoms with Gasteiger partial charge in [0.1, 0.15) is 5.82 Å². The molecule has 2 atom stereocenters. The first-order valence-electron chi connectivity index (χ1n) is 7.97. The third-order valence-electron chi connectivity index (χ3n) is 4.17. The number of ether oxygens (including phenoxy) is 2. The van der Waals surface area contributed by atoms with Gasteiger partial charge in [0.2, 0.25) is 0 Å². The highest BCUT2D eigenvalue weighted by molar-refractivity contribution is 5.16. The smallest absolute Gasteiger partial charge is 0.128 e. The van der Waals surface area contributed by atoms with E-state index in [9.17, 15) is 9.50 Å². The maximum absolute atomic E-state index is 13.4. The van der Waals surface area contributed by atoms with Gasteiger partial charge < -0.3 is 19.9 Å². The average Bonchev–Trinajstić information content (AvgIpc) is 2.55. The van der Waals surface area contributed by atoms with Crippen LogP contribution >= 0.6 is 0 Å². The zero-order valence-corrected chi connectivity index (χ0v) is 13.1. The lowest BCUT2D eigenvalue weighted by Gasteiger charge is -2.29. The molecule has 2 N–H and O–H groups in total. The Morgan fingerprint density at radius 3 is 2.82 bits per heavy atom. The van der Waals surface area contributed by atoms with E-state index in [0.717, 1.165) is 26.1 Å². The summed E-state index contributed by atoms with van der Waals surface area (Å²) in [6.45, 7) is 4.65. The van der Waals surface area contributed by atoms with Crippen LogP contribution in [0.1, 0.15) is 25.3 Å². The van der Waals surface area contributed by atoms with E-state index in [0.29, 0.717) is 24.1 Å². The van der Waals surface area contributed by atoms with Crippen LogP contribution in [0.2, 0.25) is 0 Å². The lowest BCUT2D eigenvalue weighted by atomic mass is 9.93. The van der Waals surface area contributed by atoms with Gasteiger partial charge in [-0.2, -0.15) is 0 Å². The Labute approximate surface area is 131 Å². The van der Waals surface area contributed by atoms with Gasteiger partial charge in [0.05, 0.1) is 19.3 Å². The molecule has 4 nitrogen and oxygen atoms in total. The minimum atomic E-state index is -0.589. The average molecular weight is 311 g/mol. The minimum absolute atomic E-state index is 0.180. The fourth-order valence-corrected chi connectivity index (χ4v) is 2.68. The van der Waals surface area contributed by atoms with Crippen LogP contribution in [-0.2, 0) is 16.1 Å². The van der Waals surface area contributed by atoms with E-state index in [-0.39, 0.29) is 19.0 Å². The third kappa shape index (κ3) is 5.65. The van der Waals surface area contributed by atoms with Crippen LogP contribution in [0.4, 0.5) is 4.39 Å². The Bertz CT molecular complexity index is 438.